The summed E-state index contributed by atoms with van der Waals surface area (Å²) < 4.78 is 10.4. The summed E-state index contributed by atoms with van der Waals surface area (Å²) >= 11 is 0. The fraction of sp³-hybridized carbons (Fsp3) is 0.273. The molecule has 1 heterocycles. The van der Waals surface area contributed by atoms with Gasteiger partial charge in [-0.2, -0.15) is 4.98 Å². The van der Waals surface area contributed by atoms with E-state index >= 15 is 0 Å². The van der Waals surface area contributed by atoms with Crippen molar-refractivity contribution in [3.8, 4) is 17.1 Å². The SMILES string of the molecule is CCOc1ccccc1-c1noc(C)n1. The zero-order valence-corrected chi connectivity index (χ0v) is 8.73. The molecule has 0 saturated carbocycles. The third kappa shape index (κ3) is 1.98. The second-order valence-corrected chi connectivity index (χ2v) is 3.07. The topological polar surface area (TPSA) is 48.2 Å². The summed E-state index contributed by atoms with van der Waals surface area (Å²) in [6.45, 7) is 4.33. The van der Waals surface area contributed by atoms with Gasteiger partial charge in [-0.1, -0.05) is 17.3 Å². The Bertz CT molecular complexity index is 451. The molecule has 0 aliphatic heterocycles. The van der Waals surface area contributed by atoms with E-state index in [4.69, 9.17) is 9.26 Å². The Morgan fingerprint density at radius 3 is 2.80 bits per heavy atom. The highest BCUT2D eigenvalue weighted by Crippen LogP contribution is 2.27. The van der Waals surface area contributed by atoms with Crippen LogP contribution in [0.2, 0.25) is 0 Å². The lowest BCUT2D eigenvalue weighted by Gasteiger charge is -2.05. The van der Waals surface area contributed by atoms with E-state index in [0.717, 1.165) is 11.3 Å². The van der Waals surface area contributed by atoms with E-state index in [9.17, 15) is 0 Å². The van der Waals surface area contributed by atoms with Crippen molar-refractivity contribution >= 4 is 0 Å². The van der Waals surface area contributed by atoms with Gasteiger partial charge in [0.25, 0.3) is 0 Å². The summed E-state index contributed by atoms with van der Waals surface area (Å²) in [5.74, 6) is 1.90. The van der Waals surface area contributed by atoms with Crippen molar-refractivity contribution < 1.29 is 9.26 Å². The number of benzene rings is 1. The molecule has 0 fully saturated rings. The number of para-hydroxylation sites is 1. The van der Waals surface area contributed by atoms with Gasteiger partial charge >= 0.3 is 0 Å². The van der Waals surface area contributed by atoms with Gasteiger partial charge in [0.1, 0.15) is 5.75 Å². The maximum atomic E-state index is 5.48. The van der Waals surface area contributed by atoms with Crippen molar-refractivity contribution in [2.45, 2.75) is 13.8 Å². The number of ether oxygens (including phenoxy) is 1. The Labute approximate surface area is 87.9 Å². The fourth-order valence-electron chi connectivity index (χ4n) is 1.34. The maximum absolute atomic E-state index is 5.48. The minimum Gasteiger partial charge on any atom is -0.493 e. The number of hydrogen-bond donors (Lipinski definition) is 0. The highest BCUT2D eigenvalue weighted by molar-refractivity contribution is 5.63. The van der Waals surface area contributed by atoms with Crippen molar-refractivity contribution in [1.82, 2.24) is 10.1 Å². The highest BCUT2D eigenvalue weighted by atomic mass is 16.5. The first kappa shape index (κ1) is 9.71. The minimum absolute atomic E-state index is 0.552. The van der Waals surface area contributed by atoms with Gasteiger partial charge in [-0.05, 0) is 19.1 Å². The van der Waals surface area contributed by atoms with Gasteiger partial charge in [-0.15, -0.1) is 0 Å². The van der Waals surface area contributed by atoms with E-state index in [1.807, 2.05) is 31.2 Å². The molecule has 1 aromatic heterocycles. The van der Waals surface area contributed by atoms with Crippen LogP contribution in [-0.4, -0.2) is 16.7 Å². The van der Waals surface area contributed by atoms with Crippen LogP contribution in [0.15, 0.2) is 28.8 Å². The van der Waals surface area contributed by atoms with E-state index in [1.165, 1.54) is 0 Å². The lowest BCUT2D eigenvalue weighted by atomic mass is 10.2. The molecule has 1 aromatic carbocycles. The fourth-order valence-corrected chi connectivity index (χ4v) is 1.34. The lowest BCUT2D eigenvalue weighted by Crippen LogP contribution is -1.94. The van der Waals surface area contributed by atoms with Gasteiger partial charge in [0.2, 0.25) is 11.7 Å². The molecule has 78 valence electrons. The summed E-state index contributed by atoms with van der Waals surface area (Å²) in [6, 6.07) is 7.64. The number of rotatable bonds is 3. The van der Waals surface area contributed by atoms with Crippen LogP contribution in [0.1, 0.15) is 12.8 Å². The Kier molecular flexibility index (Phi) is 2.67. The van der Waals surface area contributed by atoms with Crippen molar-refractivity contribution in [1.29, 1.82) is 0 Å². The van der Waals surface area contributed by atoms with Crippen LogP contribution in [0.4, 0.5) is 0 Å². The summed E-state index contributed by atoms with van der Waals surface area (Å²) in [5, 5.41) is 3.86. The van der Waals surface area contributed by atoms with Gasteiger partial charge in [0.05, 0.1) is 12.2 Å². The standard InChI is InChI=1S/C11H12N2O2/c1-3-14-10-7-5-4-6-9(10)11-12-8(2)15-13-11/h4-7H,3H2,1-2H3. The molecule has 2 rings (SSSR count). The Balaban J connectivity index is 2.42. The minimum atomic E-state index is 0.552. The van der Waals surface area contributed by atoms with Gasteiger partial charge in [0.15, 0.2) is 0 Å². The molecule has 0 atom stereocenters. The Morgan fingerprint density at radius 1 is 1.33 bits per heavy atom. The third-order valence-corrected chi connectivity index (χ3v) is 1.96. The monoisotopic (exact) mass is 204 g/mol. The Hall–Kier alpha value is -1.84. The number of hydrogen-bond acceptors (Lipinski definition) is 4. The molecule has 4 heteroatoms. The second kappa shape index (κ2) is 4.13. The molecule has 0 N–H and O–H groups in total. The third-order valence-electron chi connectivity index (χ3n) is 1.96. The summed E-state index contributed by atoms with van der Waals surface area (Å²) in [7, 11) is 0. The normalized spacial score (nSPS) is 10.3. The molecular weight excluding hydrogens is 192 g/mol. The van der Waals surface area contributed by atoms with Gasteiger partial charge < -0.3 is 9.26 Å². The zero-order valence-electron chi connectivity index (χ0n) is 8.73. The molecule has 0 unspecified atom stereocenters. The second-order valence-electron chi connectivity index (χ2n) is 3.07. The molecule has 0 amide bonds. The molecule has 0 aliphatic carbocycles. The van der Waals surface area contributed by atoms with Crippen LogP contribution < -0.4 is 4.74 Å². The zero-order chi connectivity index (χ0) is 10.7. The predicted octanol–water partition coefficient (Wildman–Crippen LogP) is 2.44. The number of nitrogens with zero attached hydrogens (tertiary/aromatic N) is 2. The average Bonchev–Trinajstić information content (AvgIpc) is 2.66. The van der Waals surface area contributed by atoms with Crippen LogP contribution in [0.25, 0.3) is 11.4 Å². The van der Waals surface area contributed by atoms with Crippen molar-refractivity contribution in [3.05, 3.63) is 30.2 Å². The molecule has 0 radical (unpaired) electrons. The Morgan fingerprint density at radius 2 is 2.13 bits per heavy atom. The quantitative estimate of drug-likeness (QED) is 0.770. The van der Waals surface area contributed by atoms with Gasteiger partial charge in [-0.25, -0.2) is 0 Å². The largest absolute Gasteiger partial charge is 0.493 e. The van der Waals surface area contributed by atoms with Crippen molar-refractivity contribution in [2.24, 2.45) is 0 Å². The molecular formula is C11H12N2O2. The molecule has 2 aromatic rings. The molecule has 0 saturated heterocycles. The number of aryl methyl sites for hydroxylation is 1. The maximum Gasteiger partial charge on any atom is 0.223 e. The van der Waals surface area contributed by atoms with E-state index in [0.29, 0.717) is 18.3 Å². The van der Waals surface area contributed by atoms with Crippen LogP contribution in [0.3, 0.4) is 0 Å². The highest BCUT2D eigenvalue weighted by Gasteiger charge is 2.10. The van der Waals surface area contributed by atoms with Crippen LogP contribution in [0, 0.1) is 6.92 Å². The molecule has 4 nitrogen and oxygen atoms in total. The molecule has 15 heavy (non-hydrogen) atoms. The van der Waals surface area contributed by atoms with E-state index in [-0.39, 0.29) is 0 Å². The van der Waals surface area contributed by atoms with E-state index < -0.39 is 0 Å². The molecule has 0 spiro atoms. The van der Waals surface area contributed by atoms with Gasteiger partial charge in [-0.3, -0.25) is 0 Å². The lowest BCUT2D eigenvalue weighted by molar-refractivity contribution is 0.341. The summed E-state index contributed by atoms with van der Waals surface area (Å²) in [6.07, 6.45) is 0. The van der Waals surface area contributed by atoms with Gasteiger partial charge in [0, 0.05) is 6.92 Å². The summed E-state index contributed by atoms with van der Waals surface area (Å²) in [4.78, 5) is 4.17. The van der Waals surface area contributed by atoms with Crippen LogP contribution in [-0.2, 0) is 0 Å². The molecule has 0 bridgehead atoms. The summed E-state index contributed by atoms with van der Waals surface area (Å²) in [5.41, 5.74) is 0.858. The number of aromatic nitrogens is 2. The van der Waals surface area contributed by atoms with Crippen LogP contribution >= 0.6 is 0 Å². The predicted molar refractivity (Wildman–Crippen MR) is 55.6 cm³/mol. The average molecular weight is 204 g/mol. The first-order valence-corrected chi connectivity index (χ1v) is 4.83. The van der Waals surface area contributed by atoms with Crippen LogP contribution in [0.5, 0.6) is 5.75 Å². The van der Waals surface area contributed by atoms with E-state index in [2.05, 4.69) is 10.1 Å². The smallest absolute Gasteiger partial charge is 0.223 e. The molecule has 0 aliphatic rings. The first-order valence-electron chi connectivity index (χ1n) is 4.83. The van der Waals surface area contributed by atoms with Crippen molar-refractivity contribution in [2.75, 3.05) is 6.61 Å². The first-order chi connectivity index (χ1) is 7.31. The van der Waals surface area contributed by atoms with Crippen molar-refractivity contribution in [3.63, 3.8) is 0 Å². The van der Waals surface area contributed by atoms with E-state index in [1.54, 1.807) is 6.92 Å².